The predicted molar refractivity (Wildman–Crippen MR) is 109 cm³/mol. The fourth-order valence-electron chi connectivity index (χ4n) is 2.95. The van der Waals surface area contributed by atoms with E-state index in [9.17, 15) is 9.90 Å². The normalized spacial score (nSPS) is 10.7. The van der Waals surface area contributed by atoms with Gasteiger partial charge in [-0.25, -0.2) is 4.98 Å². The number of para-hydroxylation sites is 2. The van der Waals surface area contributed by atoms with E-state index in [2.05, 4.69) is 10.3 Å². The number of hydrogen-bond donors (Lipinski definition) is 2. The summed E-state index contributed by atoms with van der Waals surface area (Å²) in [6, 6.07) is 16.9. The number of ether oxygens (including phenoxy) is 2. The van der Waals surface area contributed by atoms with Crippen molar-refractivity contribution in [2.24, 2.45) is 0 Å². The Kier molecular flexibility index (Phi) is 4.78. The van der Waals surface area contributed by atoms with Crippen LogP contribution in [0.15, 0.2) is 65.1 Å². The summed E-state index contributed by atoms with van der Waals surface area (Å²) in [6.45, 7) is 0. The second kappa shape index (κ2) is 7.55. The lowest BCUT2D eigenvalue weighted by Gasteiger charge is -2.11. The topological polar surface area (TPSA) is 93.8 Å². The van der Waals surface area contributed by atoms with Gasteiger partial charge in [-0.1, -0.05) is 12.1 Å². The maximum absolute atomic E-state index is 12.6. The second-order valence-electron chi connectivity index (χ2n) is 6.24. The molecule has 0 aliphatic heterocycles. The standard InChI is InChI=1S/C22H18N2O5/c1-27-19-10-7-13(11-20(19)28-2)21(26)23-14-8-9-17(25)15(12-14)22-24-16-5-3-4-6-18(16)29-22/h3-12,25H,1-2H3,(H,23,26). The number of amides is 1. The van der Waals surface area contributed by atoms with E-state index in [0.717, 1.165) is 0 Å². The first-order valence-corrected chi connectivity index (χ1v) is 8.81. The maximum Gasteiger partial charge on any atom is 0.255 e. The van der Waals surface area contributed by atoms with Crippen molar-refractivity contribution in [2.45, 2.75) is 0 Å². The summed E-state index contributed by atoms with van der Waals surface area (Å²) in [7, 11) is 3.04. The number of phenols is 1. The van der Waals surface area contributed by atoms with E-state index in [4.69, 9.17) is 13.9 Å². The molecular formula is C22H18N2O5. The van der Waals surface area contributed by atoms with Crippen LogP contribution >= 0.6 is 0 Å². The van der Waals surface area contributed by atoms with E-state index < -0.39 is 0 Å². The van der Waals surface area contributed by atoms with Crippen LogP contribution in [0.25, 0.3) is 22.6 Å². The van der Waals surface area contributed by atoms with Crippen molar-refractivity contribution in [3.63, 3.8) is 0 Å². The second-order valence-corrected chi connectivity index (χ2v) is 6.24. The Morgan fingerprint density at radius 2 is 1.79 bits per heavy atom. The number of phenolic OH excluding ortho intramolecular Hbond substituents is 1. The quantitative estimate of drug-likeness (QED) is 0.488. The lowest BCUT2D eigenvalue weighted by molar-refractivity contribution is 0.102. The molecule has 0 radical (unpaired) electrons. The van der Waals surface area contributed by atoms with Gasteiger partial charge in [0.05, 0.1) is 19.8 Å². The van der Waals surface area contributed by atoms with Gasteiger partial charge < -0.3 is 24.3 Å². The first kappa shape index (κ1) is 18.4. The third-order valence-electron chi connectivity index (χ3n) is 4.42. The molecule has 3 aromatic carbocycles. The number of anilines is 1. The lowest BCUT2D eigenvalue weighted by atomic mass is 10.1. The predicted octanol–water partition coefficient (Wildman–Crippen LogP) is 4.47. The van der Waals surface area contributed by atoms with Gasteiger partial charge in [0.2, 0.25) is 5.89 Å². The van der Waals surface area contributed by atoms with Gasteiger partial charge in [-0.2, -0.15) is 0 Å². The highest BCUT2D eigenvalue weighted by Gasteiger charge is 2.15. The van der Waals surface area contributed by atoms with Crippen LogP contribution in [0.3, 0.4) is 0 Å². The SMILES string of the molecule is COc1ccc(C(=O)Nc2ccc(O)c(-c3nc4ccccc4o3)c2)cc1OC. The molecule has 0 aliphatic carbocycles. The minimum Gasteiger partial charge on any atom is -0.507 e. The number of aromatic nitrogens is 1. The highest BCUT2D eigenvalue weighted by Crippen LogP contribution is 2.33. The Morgan fingerprint density at radius 3 is 2.55 bits per heavy atom. The Labute approximate surface area is 166 Å². The van der Waals surface area contributed by atoms with E-state index in [1.165, 1.54) is 20.3 Å². The fourth-order valence-corrected chi connectivity index (χ4v) is 2.95. The van der Waals surface area contributed by atoms with Crippen LogP contribution in [0, 0.1) is 0 Å². The molecule has 0 atom stereocenters. The molecule has 0 bridgehead atoms. The number of carbonyl (C=O) groups excluding carboxylic acids is 1. The highest BCUT2D eigenvalue weighted by atomic mass is 16.5. The number of carbonyl (C=O) groups is 1. The molecule has 4 rings (SSSR count). The van der Waals surface area contributed by atoms with Crippen molar-refractivity contribution in [2.75, 3.05) is 19.5 Å². The zero-order valence-corrected chi connectivity index (χ0v) is 15.8. The number of methoxy groups -OCH3 is 2. The Morgan fingerprint density at radius 1 is 1.00 bits per heavy atom. The Bertz CT molecular complexity index is 1170. The average Bonchev–Trinajstić information content (AvgIpc) is 3.18. The smallest absolute Gasteiger partial charge is 0.255 e. The van der Waals surface area contributed by atoms with E-state index in [1.807, 2.05) is 18.2 Å². The van der Waals surface area contributed by atoms with Crippen molar-refractivity contribution in [1.82, 2.24) is 4.98 Å². The molecule has 1 heterocycles. The van der Waals surface area contributed by atoms with Gasteiger partial charge in [0.25, 0.3) is 5.91 Å². The number of aromatic hydroxyl groups is 1. The first-order valence-electron chi connectivity index (χ1n) is 8.81. The van der Waals surface area contributed by atoms with E-state index in [-0.39, 0.29) is 17.5 Å². The maximum atomic E-state index is 12.6. The molecular weight excluding hydrogens is 372 g/mol. The Hall–Kier alpha value is -4.00. The molecule has 146 valence electrons. The van der Waals surface area contributed by atoms with Crippen LogP contribution in [0.4, 0.5) is 5.69 Å². The van der Waals surface area contributed by atoms with E-state index in [0.29, 0.717) is 39.4 Å². The van der Waals surface area contributed by atoms with Gasteiger partial charge in [-0.3, -0.25) is 4.79 Å². The zero-order chi connectivity index (χ0) is 20.4. The average molecular weight is 390 g/mol. The number of rotatable bonds is 5. The summed E-state index contributed by atoms with van der Waals surface area (Å²) in [5.74, 6) is 0.927. The summed E-state index contributed by atoms with van der Waals surface area (Å²) in [4.78, 5) is 17.0. The van der Waals surface area contributed by atoms with Crippen LogP contribution < -0.4 is 14.8 Å². The third-order valence-corrected chi connectivity index (χ3v) is 4.42. The molecule has 7 heteroatoms. The largest absolute Gasteiger partial charge is 0.507 e. The molecule has 1 amide bonds. The molecule has 4 aromatic rings. The number of hydrogen-bond acceptors (Lipinski definition) is 6. The number of fused-ring (bicyclic) bond motifs is 1. The molecule has 29 heavy (non-hydrogen) atoms. The van der Waals surface area contributed by atoms with Crippen molar-refractivity contribution >= 4 is 22.7 Å². The van der Waals surface area contributed by atoms with Crippen LogP contribution in [0.1, 0.15) is 10.4 Å². The van der Waals surface area contributed by atoms with Crippen molar-refractivity contribution in [3.05, 3.63) is 66.2 Å². The molecule has 0 saturated carbocycles. The van der Waals surface area contributed by atoms with Gasteiger partial charge in [-0.05, 0) is 48.5 Å². The summed E-state index contributed by atoms with van der Waals surface area (Å²) in [5, 5.41) is 13.0. The van der Waals surface area contributed by atoms with Crippen LogP contribution in [-0.4, -0.2) is 30.2 Å². The molecule has 0 unspecified atom stereocenters. The van der Waals surface area contributed by atoms with Crippen molar-refractivity contribution in [3.8, 4) is 28.7 Å². The molecule has 1 aromatic heterocycles. The van der Waals surface area contributed by atoms with Crippen LogP contribution in [-0.2, 0) is 0 Å². The van der Waals surface area contributed by atoms with Crippen molar-refractivity contribution < 1.29 is 23.8 Å². The molecule has 0 saturated heterocycles. The zero-order valence-electron chi connectivity index (χ0n) is 15.8. The number of nitrogens with zero attached hydrogens (tertiary/aromatic N) is 1. The van der Waals surface area contributed by atoms with Crippen LogP contribution in [0.5, 0.6) is 17.2 Å². The molecule has 2 N–H and O–H groups in total. The number of benzene rings is 3. The van der Waals surface area contributed by atoms with Gasteiger partial charge >= 0.3 is 0 Å². The van der Waals surface area contributed by atoms with E-state index in [1.54, 1.807) is 36.4 Å². The lowest BCUT2D eigenvalue weighted by Crippen LogP contribution is -2.12. The minimum atomic E-state index is -0.333. The van der Waals surface area contributed by atoms with Gasteiger partial charge in [0.1, 0.15) is 11.3 Å². The first-order chi connectivity index (χ1) is 14.1. The minimum absolute atomic E-state index is 0.000622. The molecule has 7 nitrogen and oxygen atoms in total. The molecule has 0 spiro atoms. The third kappa shape index (κ3) is 3.58. The van der Waals surface area contributed by atoms with Gasteiger partial charge in [0.15, 0.2) is 17.1 Å². The van der Waals surface area contributed by atoms with Crippen LogP contribution in [0.2, 0.25) is 0 Å². The van der Waals surface area contributed by atoms with E-state index >= 15 is 0 Å². The number of nitrogens with one attached hydrogen (secondary N) is 1. The summed E-state index contributed by atoms with van der Waals surface area (Å²) in [5.41, 5.74) is 2.56. The highest BCUT2D eigenvalue weighted by molar-refractivity contribution is 6.05. The number of oxazole rings is 1. The molecule has 0 aliphatic rings. The van der Waals surface area contributed by atoms with Gasteiger partial charge in [-0.15, -0.1) is 0 Å². The van der Waals surface area contributed by atoms with Gasteiger partial charge in [0, 0.05) is 11.3 Å². The fraction of sp³-hybridized carbons (Fsp3) is 0.0909. The monoisotopic (exact) mass is 390 g/mol. The summed E-state index contributed by atoms with van der Waals surface area (Å²) >= 11 is 0. The molecule has 0 fully saturated rings. The van der Waals surface area contributed by atoms with Crippen molar-refractivity contribution in [1.29, 1.82) is 0 Å². The Balaban J connectivity index is 1.63. The summed E-state index contributed by atoms with van der Waals surface area (Å²) in [6.07, 6.45) is 0. The summed E-state index contributed by atoms with van der Waals surface area (Å²) < 4.78 is 16.2.